The maximum Gasteiger partial charge on any atom is 0.199 e. The average molecular weight is 270 g/mol. The number of nitrogens with zero attached hydrogens (tertiary/aromatic N) is 3. The number of fused-ring (bicyclic) bond motifs is 1. The van der Waals surface area contributed by atoms with Crippen molar-refractivity contribution >= 4 is 23.0 Å². The lowest BCUT2D eigenvalue weighted by atomic mass is 10.1. The molecule has 0 fully saturated rings. The Labute approximate surface area is 116 Å². The van der Waals surface area contributed by atoms with Crippen LogP contribution in [0.5, 0.6) is 0 Å². The van der Waals surface area contributed by atoms with Crippen molar-refractivity contribution in [2.24, 2.45) is 0 Å². The second-order valence-corrected chi connectivity index (χ2v) is 5.14. The van der Waals surface area contributed by atoms with Gasteiger partial charge in [-0.25, -0.2) is 0 Å². The number of hydrogen-bond acceptors (Lipinski definition) is 3. The van der Waals surface area contributed by atoms with E-state index in [2.05, 4.69) is 35.1 Å². The first-order chi connectivity index (χ1) is 9.18. The number of H-pyrrole nitrogens is 1. The maximum absolute atomic E-state index is 5.37. The normalized spacial score (nSPS) is 11.3. The van der Waals surface area contributed by atoms with Gasteiger partial charge in [-0.15, -0.1) is 0 Å². The lowest BCUT2D eigenvalue weighted by Gasteiger charge is -2.11. The Bertz CT molecular complexity index is 780. The molecule has 0 unspecified atom stereocenters. The van der Waals surface area contributed by atoms with Crippen molar-refractivity contribution in [3.63, 3.8) is 0 Å². The number of benzene rings is 1. The molecule has 0 aliphatic heterocycles. The van der Waals surface area contributed by atoms with E-state index in [0.717, 1.165) is 22.3 Å². The average Bonchev–Trinajstić information content (AvgIpc) is 2.80. The van der Waals surface area contributed by atoms with Gasteiger partial charge in [0.2, 0.25) is 0 Å². The predicted octanol–water partition coefficient (Wildman–Crippen LogP) is 3.60. The Morgan fingerprint density at radius 2 is 2.11 bits per heavy atom. The Balaban J connectivity index is 2.37. The molecule has 0 amide bonds. The fourth-order valence-corrected chi connectivity index (χ4v) is 2.47. The second kappa shape index (κ2) is 4.59. The van der Waals surface area contributed by atoms with E-state index >= 15 is 0 Å². The summed E-state index contributed by atoms with van der Waals surface area (Å²) in [6.45, 7) is 4.21. The van der Waals surface area contributed by atoms with Crippen LogP contribution in [-0.2, 0) is 0 Å². The molecule has 0 atom stereocenters. The summed E-state index contributed by atoms with van der Waals surface area (Å²) in [5.41, 5.74) is 1.04. The summed E-state index contributed by atoms with van der Waals surface area (Å²) in [6, 6.07) is 8.12. The summed E-state index contributed by atoms with van der Waals surface area (Å²) in [4.78, 5) is 4.16. The van der Waals surface area contributed by atoms with Crippen molar-refractivity contribution in [2.75, 3.05) is 0 Å². The van der Waals surface area contributed by atoms with Gasteiger partial charge in [-0.2, -0.15) is 5.10 Å². The SMILES string of the molecule is CC(C)c1n[nH]c(=S)n1-c1cccc2cnccc12. The van der Waals surface area contributed by atoms with Crippen LogP contribution in [0.4, 0.5) is 0 Å². The van der Waals surface area contributed by atoms with Crippen LogP contribution in [-0.4, -0.2) is 19.7 Å². The van der Waals surface area contributed by atoms with E-state index in [1.165, 1.54) is 0 Å². The van der Waals surface area contributed by atoms with Gasteiger partial charge in [0.15, 0.2) is 4.77 Å². The molecule has 4 nitrogen and oxygen atoms in total. The highest BCUT2D eigenvalue weighted by atomic mass is 32.1. The smallest absolute Gasteiger partial charge is 0.199 e. The van der Waals surface area contributed by atoms with Gasteiger partial charge in [-0.1, -0.05) is 26.0 Å². The maximum atomic E-state index is 5.37. The Hall–Kier alpha value is -2.01. The minimum Gasteiger partial charge on any atom is -0.271 e. The first-order valence-corrected chi connectivity index (χ1v) is 6.59. The molecule has 1 N–H and O–H groups in total. The molecule has 19 heavy (non-hydrogen) atoms. The molecule has 0 aliphatic rings. The number of rotatable bonds is 2. The van der Waals surface area contributed by atoms with Crippen LogP contribution in [0, 0.1) is 4.77 Å². The van der Waals surface area contributed by atoms with Gasteiger partial charge in [0.05, 0.1) is 5.69 Å². The molecule has 96 valence electrons. The van der Waals surface area contributed by atoms with Gasteiger partial charge in [0.1, 0.15) is 5.82 Å². The number of aromatic amines is 1. The summed E-state index contributed by atoms with van der Waals surface area (Å²) in [6.07, 6.45) is 3.65. The van der Waals surface area contributed by atoms with E-state index in [1.807, 2.05) is 29.0 Å². The predicted molar refractivity (Wildman–Crippen MR) is 78.1 cm³/mol. The molecule has 0 saturated carbocycles. The van der Waals surface area contributed by atoms with E-state index in [0.29, 0.717) is 10.7 Å². The summed E-state index contributed by atoms with van der Waals surface area (Å²) >= 11 is 5.37. The first-order valence-electron chi connectivity index (χ1n) is 6.19. The van der Waals surface area contributed by atoms with E-state index in [-0.39, 0.29) is 0 Å². The summed E-state index contributed by atoms with van der Waals surface area (Å²) in [5.74, 6) is 1.24. The van der Waals surface area contributed by atoms with Crippen LogP contribution in [0.2, 0.25) is 0 Å². The lowest BCUT2D eigenvalue weighted by Crippen LogP contribution is -2.03. The van der Waals surface area contributed by atoms with Crippen molar-refractivity contribution in [2.45, 2.75) is 19.8 Å². The Morgan fingerprint density at radius 1 is 1.26 bits per heavy atom. The van der Waals surface area contributed by atoms with E-state index in [4.69, 9.17) is 12.2 Å². The van der Waals surface area contributed by atoms with Crippen molar-refractivity contribution < 1.29 is 0 Å². The van der Waals surface area contributed by atoms with Crippen molar-refractivity contribution in [3.05, 3.63) is 47.3 Å². The fraction of sp³-hybridized carbons (Fsp3) is 0.214. The quantitative estimate of drug-likeness (QED) is 0.724. The molecular formula is C14H14N4S. The number of pyridine rings is 1. The van der Waals surface area contributed by atoms with Gasteiger partial charge < -0.3 is 0 Å². The molecule has 2 heterocycles. The molecule has 3 aromatic rings. The van der Waals surface area contributed by atoms with Gasteiger partial charge in [-0.05, 0) is 24.4 Å². The number of aromatic nitrogens is 4. The van der Waals surface area contributed by atoms with Gasteiger partial charge in [0.25, 0.3) is 0 Å². The molecular weight excluding hydrogens is 256 g/mol. The fourth-order valence-electron chi connectivity index (χ4n) is 2.23. The molecule has 5 heteroatoms. The molecule has 0 saturated heterocycles. The zero-order valence-corrected chi connectivity index (χ0v) is 11.6. The summed E-state index contributed by atoms with van der Waals surface area (Å²) in [5, 5.41) is 9.43. The topological polar surface area (TPSA) is 46.5 Å². The summed E-state index contributed by atoms with van der Waals surface area (Å²) in [7, 11) is 0. The Morgan fingerprint density at radius 3 is 2.89 bits per heavy atom. The van der Waals surface area contributed by atoms with Crippen LogP contribution in [0.25, 0.3) is 16.5 Å². The van der Waals surface area contributed by atoms with E-state index in [9.17, 15) is 0 Å². The Kier molecular flexibility index (Phi) is 2.91. The highest BCUT2D eigenvalue weighted by molar-refractivity contribution is 7.71. The van der Waals surface area contributed by atoms with Crippen molar-refractivity contribution in [1.29, 1.82) is 0 Å². The molecule has 1 aromatic carbocycles. The van der Waals surface area contributed by atoms with Crippen LogP contribution < -0.4 is 0 Å². The lowest BCUT2D eigenvalue weighted by molar-refractivity contribution is 0.746. The highest BCUT2D eigenvalue weighted by Gasteiger charge is 2.13. The third-order valence-corrected chi connectivity index (χ3v) is 3.39. The van der Waals surface area contributed by atoms with Gasteiger partial charge in [-0.3, -0.25) is 14.6 Å². The molecule has 0 spiro atoms. The number of nitrogens with one attached hydrogen (secondary N) is 1. The largest absolute Gasteiger partial charge is 0.271 e. The zero-order valence-electron chi connectivity index (χ0n) is 10.8. The van der Waals surface area contributed by atoms with Crippen molar-refractivity contribution in [1.82, 2.24) is 19.7 Å². The van der Waals surface area contributed by atoms with Crippen LogP contribution in [0.1, 0.15) is 25.6 Å². The monoisotopic (exact) mass is 270 g/mol. The molecule has 0 radical (unpaired) electrons. The van der Waals surface area contributed by atoms with Crippen LogP contribution >= 0.6 is 12.2 Å². The second-order valence-electron chi connectivity index (χ2n) is 4.75. The number of hydrogen-bond donors (Lipinski definition) is 1. The van der Waals surface area contributed by atoms with E-state index in [1.54, 1.807) is 6.20 Å². The molecule has 0 aliphatic carbocycles. The standard InChI is InChI=1S/C14H14N4S/c1-9(2)13-16-17-14(19)18(13)12-5-3-4-10-8-15-7-6-11(10)12/h3-9H,1-2H3,(H,17,19). The third-order valence-electron chi connectivity index (χ3n) is 3.11. The first kappa shape index (κ1) is 12.0. The zero-order chi connectivity index (χ0) is 13.4. The van der Waals surface area contributed by atoms with Crippen LogP contribution in [0.3, 0.4) is 0 Å². The third kappa shape index (κ3) is 1.96. The summed E-state index contributed by atoms with van der Waals surface area (Å²) < 4.78 is 2.62. The minimum atomic E-state index is 0.296. The van der Waals surface area contributed by atoms with Gasteiger partial charge >= 0.3 is 0 Å². The minimum absolute atomic E-state index is 0.296. The van der Waals surface area contributed by atoms with Crippen molar-refractivity contribution in [3.8, 4) is 5.69 Å². The molecule has 3 rings (SSSR count). The van der Waals surface area contributed by atoms with Gasteiger partial charge in [0, 0.05) is 29.1 Å². The molecule has 2 aromatic heterocycles. The highest BCUT2D eigenvalue weighted by Crippen LogP contribution is 2.24. The molecule has 0 bridgehead atoms. The van der Waals surface area contributed by atoms with Crippen LogP contribution in [0.15, 0.2) is 36.7 Å². The van der Waals surface area contributed by atoms with E-state index < -0.39 is 0 Å².